The molecule has 1 aliphatic rings. The molecule has 4 nitrogen and oxygen atoms in total. The van der Waals surface area contributed by atoms with Crippen molar-refractivity contribution < 1.29 is 14.0 Å². The lowest BCUT2D eigenvalue weighted by atomic mass is 9.88. The Bertz CT molecular complexity index is 838. The molecular formula is C21H22ClFN2O2. The summed E-state index contributed by atoms with van der Waals surface area (Å²) in [5.41, 5.74) is 1.24. The van der Waals surface area contributed by atoms with Gasteiger partial charge in [-0.1, -0.05) is 23.7 Å². The van der Waals surface area contributed by atoms with E-state index >= 15 is 0 Å². The summed E-state index contributed by atoms with van der Waals surface area (Å²) >= 11 is 5.89. The summed E-state index contributed by atoms with van der Waals surface area (Å²) in [5.74, 6) is -1.31. The minimum absolute atomic E-state index is 0.00771. The highest BCUT2D eigenvalue weighted by atomic mass is 35.5. The molecule has 0 radical (unpaired) electrons. The molecule has 27 heavy (non-hydrogen) atoms. The fourth-order valence-electron chi connectivity index (χ4n) is 3.48. The van der Waals surface area contributed by atoms with Gasteiger partial charge in [-0.25, -0.2) is 4.39 Å². The van der Waals surface area contributed by atoms with Crippen LogP contribution in [0.4, 0.5) is 4.39 Å². The smallest absolute Gasteiger partial charge is 0.253 e. The SMILES string of the molecule is CC(C)NC(=O)[C@@H]1CN(C(=O)c2ccc(Cl)cc2)C[C@H]1c1cccc(F)c1. The Morgan fingerprint density at radius 1 is 1.15 bits per heavy atom. The van der Waals surface area contributed by atoms with Gasteiger partial charge in [0.15, 0.2) is 0 Å². The average molecular weight is 389 g/mol. The molecule has 0 aromatic heterocycles. The molecule has 0 spiro atoms. The molecule has 1 saturated heterocycles. The van der Waals surface area contributed by atoms with Gasteiger partial charge in [-0.2, -0.15) is 0 Å². The zero-order chi connectivity index (χ0) is 19.6. The van der Waals surface area contributed by atoms with Crippen LogP contribution < -0.4 is 5.32 Å². The van der Waals surface area contributed by atoms with Crippen LogP contribution in [-0.4, -0.2) is 35.8 Å². The van der Waals surface area contributed by atoms with Crippen LogP contribution in [0.5, 0.6) is 0 Å². The zero-order valence-electron chi connectivity index (χ0n) is 15.3. The first-order chi connectivity index (χ1) is 12.8. The molecule has 1 aliphatic heterocycles. The lowest BCUT2D eigenvalue weighted by Crippen LogP contribution is -2.39. The number of carbonyl (C=O) groups is 2. The summed E-state index contributed by atoms with van der Waals surface area (Å²) in [4.78, 5) is 27.2. The number of hydrogen-bond acceptors (Lipinski definition) is 2. The number of nitrogens with zero attached hydrogens (tertiary/aromatic N) is 1. The highest BCUT2D eigenvalue weighted by molar-refractivity contribution is 6.30. The average Bonchev–Trinajstić information content (AvgIpc) is 3.07. The Hall–Kier alpha value is -2.40. The second-order valence-electron chi connectivity index (χ2n) is 7.15. The van der Waals surface area contributed by atoms with Gasteiger partial charge >= 0.3 is 0 Å². The number of likely N-dealkylation sites (tertiary alicyclic amines) is 1. The zero-order valence-corrected chi connectivity index (χ0v) is 16.0. The third kappa shape index (κ3) is 4.48. The second-order valence-corrected chi connectivity index (χ2v) is 7.58. The van der Waals surface area contributed by atoms with Crippen molar-refractivity contribution in [2.75, 3.05) is 13.1 Å². The molecule has 142 valence electrons. The molecule has 3 rings (SSSR count). The van der Waals surface area contributed by atoms with Crippen LogP contribution in [0, 0.1) is 11.7 Å². The Balaban J connectivity index is 1.87. The summed E-state index contributed by atoms with van der Waals surface area (Å²) in [6.45, 7) is 4.43. The summed E-state index contributed by atoms with van der Waals surface area (Å²) in [5, 5.41) is 3.47. The van der Waals surface area contributed by atoms with Crippen molar-refractivity contribution in [3.63, 3.8) is 0 Å². The van der Waals surface area contributed by atoms with E-state index in [4.69, 9.17) is 11.6 Å². The van der Waals surface area contributed by atoms with Gasteiger partial charge in [-0.05, 0) is 55.8 Å². The quantitative estimate of drug-likeness (QED) is 0.864. The standard InChI is InChI=1S/C21H22ClFN2O2/c1-13(2)24-20(26)19-12-25(21(27)14-6-8-16(22)9-7-14)11-18(19)15-4-3-5-17(23)10-15/h3-10,13,18-19H,11-12H2,1-2H3,(H,24,26)/t18-,19+/m0/s1. The molecule has 0 unspecified atom stereocenters. The largest absolute Gasteiger partial charge is 0.354 e. The number of hydrogen-bond donors (Lipinski definition) is 1. The number of benzene rings is 2. The van der Waals surface area contributed by atoms with Gasteiger partial charge in [-0.15, -0.1) is 0 Å². The third-order valence-electron chi connectivity index (χ3n) is 4.74. The first kappa shape index (κ1) is 19.4. The van der Waals surface area contributed by atoms with Gasteiger partial charge in [0.2, 0.25) is 5.91 Å². The topological polar surface area (TPSA) is 49.4 Å². The molecule has 0 aliphatic carbocycles. The van der Waals surface area contributed by atoms with E-state index in [1.54, 1.807) is 41.3 Å². The lowest BCUT2D eigenvalue weighted by molar-refractivity contribution is -0.125. The summed E-state index contributed by atoms with van der Waals surface area (Å²) in [7, 11) is 0. The highest BCUT2D eigenvalue weighted by Gasteiger charge is 2.40. The predicted octanol–water partition coefficient (Wildman–Crippen LogP) is 3.86. The molecular weight excluding hydrogens is 367 g/mol. The summed E-state index contributed by atoms with van der Waals surface area (Å²) in [6.07, 6.45) is 0. The highest BCUT2D eigenvalue weighted by Crippen LogP contribution is 2.34. The Labute approximate surface area is 163 Å². The van der Waals surface area contributed by atoms with Crippen molar-refractivity contribution in [3.05, 3.63) is 70.5 Å². The fraction of sp³-hybridized carbons (Fsp3) is 0.333. The van der Waals surface area contributed by atoms with Crippen LogP contribution in [0.2, 0.25) is 5.02 Å². The maximum Gasteiger partial charge on any atom is 0.253 e. The van der Waals surface area contributed by atoms with Crippen LogP contribution >= 0.6 is 11.6 Å². The molecule has 1 fully saturated rings. The molecule has 2 aromatic carbocycles. The number of nitrogens with one attached hydrogen (secondary N) is 1. The lowest BCUT2D eigenvalue weighted by Gasteiger charge is -2.19. The number of halogens is 2. The van der Waals surface area contributed by atoms with E-state index in [1.807, 2.05) is 13.8 Å². The molecule has 0 bridgehead atoms. The fourth-order valence-corrected chi connectivity index (χ4v) is 3.60. The molecule has 1 heterocycles. The Morgan fingerprint density at radius 3 is 2.48 bits per heavy atom. The van der Waals surface area contributed by atoms with Crippen molar-refractivity contribution in [3.8, 4) is 0 Å². The maximum absolute atomic E-state index is 13.7. The van der Waals surface area contributed by atoms with E-state index in [-0.39, 0.29) is 29.6 Å². The van der Waals surface area contributed by atoms with Crippen molar-refractivity contribution in [1.82, 2.24) is 10.2 Å². The Kier molecular flexibility index (Phi) is 5.80. The number of rotatable bonds is 4. The van der Waals surface area contributed by atoms with E-state index in [0.717, 1.165) is 5.56 Å². The minimum atomic E-state index is -0.426. The predicted molar refractivity (Wildman–Crippen MR) is 103 cm³/mol. The van der Waals surface area contributed by atoms with Gasteiger partial charge in [0.25, 0.3) is 5.91 Å². The van der Waals surface area contributed by atoms with Crippen molar-refractivity contribution in [2.24, 2.45) is 5.92 Å². The molecule has 2 amide bonds. The second kappa shape index (κ2) is 8.09. The van der Waals surface area contributed by atoms with Crippen molar-refractivity contribution in [1.29, 1.82) is 0 Å². The van der Waals surface area contributed by atoms with Crippen LogP contribution in [-0.2, 0) is 4.79 Å². The summed E-state index contributed by atoms with van der Waals surface area (Å²) < 4.78 is 13.7. The van der Waals surface area contributed by atoms with Crippen molar-refractivity contribution >= 4 is 23.4 Å². The van der Waals surface area contributed by atoms with E-state index in [0.29, 0.717) is 23.7 Å². The van der Waals surface area contributed by atoms with Gasteiger partial charge in [0.05, 0.1) is 5.92 Å². The molecule has 6 heteroatoms. The Morgan fingerprint density at radius 2 is 1.85 bits per heavy atom. The van der Waals surface area contributed by atoms with Crippen LogP contribution in [0.25, 0.3) is 0 Å². The number of carbonyl (C=O) groups excluding carboxylic acids is 2. The van der Waals surface area contributed by atoms with E-state index < -0.39 is 5.92 Å². The van der Waals surface area contributed by atoms with Gasteiger partial charge in [0, 0.05) is 35.6 Å². The number of amides is 2. The van der Waals surface area contributed by atoms with Gasteiger partial charge in [-0.3, -0.25) is 9.59 Å². The van der Waals surface area contributed by atoms with Crippen LogP contribution in [0.3, 0.4) is 0 Å². The minimum Gasteiger partial charge on any atom is -0.354 e. The molecule has 0 saturated carbocycles. The molecule has 2 atom stereocenters. The first-order valence-electron chi connectivity index (χ1n) is 8.96. The third-order valence-corrected chi connectivity index (χ3v) is 4.99. The molecule has 1 N–H and O–H groups in total. The first-order valence-corrected chi connectivity index (χ1v) is 9.33. The van der Waals surface area contributed by atoms with Crippen LogP contribution in [0.1, 0.15) is 35.7 Å². The monoisotopic (exact) mass is 388 g/mol. The normalized spacial score (nSPS) is 19.4. The van der Waals surface area contributed by atoms with Gasteiger partial charge in [0.1, 0.15) is 5.82 Å². The van der Waals surface area contributed by atoms with Gasteiger partial charge < -0.3 is 10.2 Å². The maximum atomic E-state index is 13.7. The van der Waals surface area contributed by atoms with Crippen molar-refractivity contribution in [2.45, 2.75) is 25.8 Å². The van der Waals surface area contributed by atoms with E-state index in [9.17, 15) is 14.0 Å². The summed E-state index contributed by atoms with van der Waals surface area (Å²) in [6, 6.07) is 12.9. The molecule has 2 aromatic rings. The van der Waals surface area contributed by atoms with E-state index in [1.165, 1.54) is 12.1 Å². The van der Waals surface area contributed by atoms with E-state index in [2.05, 4.69) is 5.32 Å². The van der Waals surface area contributed by atoms with Crippen LogP contribution in [0.15, 0.2) is 48.5 Å².